The minimum absolute atomic E-state index is 0.269. The molecule has 4 heterocycles. The van der Waals surface area contributed by atoms with Crippen molar-refractivity contribution < 1.29 is 5.11 Å². The molecule has 4 aromatic rings. The minimum atomic E-state index is 0.269. The van der Waals surface area contributed by atoms with E-state index in [-0.39, 0.29) is 6.61 Å². The number of aromatic nitrogens is 6. The van der Waals surface area contributed by atoms with Gasteiger partial charge in [-0.2, -0.15) is 10.2 Å². The first kappa shape index (κ1) is 25.7. The van der Waals surface area contributed by atoms with Crippen LogP contribution < -0.4 is 5.32 Å². The number of anilines is 2. The van der Waals surface area contributed by atoms with Crippen LogP contribution in [0.4, 0.5) is 11.8 Å². The van der Waals surface area contributed by atoms with Crippen LogP contribution >= 0.6 is 0 Å². The lowest BCUT2D eigenvalue weighted by molar-refractivity contribution is 0.121. The second-order valence-corrected chi connectivity index (χ2v) is 10.6. The van der Waals surface area contributed by atoms with Crippen LogP contribution in [0, 0.1) is 0 Å². The summed E-state index contributed by atoms with van der Waals surface area (Å²) in [5.41, 5.74) is 6.50. The molecular formula is C29H37N9O. The van der Waals surface area contributed by atoms with E-state index >= 15 is 0 Å². The summed E-state index contributed by atoms with van der Waals surface area (Å²) in [4.78, 5) is 14.6. The number of nitrogens with one attached hydrogen (secondary N) is 1. The summed E-state index contributed by atoms with van der Waals surface area (Å²) in [7, 11) is 2.01. The van der Waals surface area contributed by atoms with Crippen molar-refractivity contribution in [2.45, 2.75) is 32.2 Å². The second-order valence-electron chi connectivity index (χ2n) is 10.6. The Morgan fingerprint density at radius 1 is 0.974 bits per heavy atom. The van der Waals surface area contributed by atoms with Gasteiger partial charge in [0, 0.05) is 88.1 Å². The number of hydrogen-bond acceptors (Lipinski definition) is 8. The Morgan fingerprint density at radius 2 is 1.74 bits per heavy atom. The molecule has 0 bridgehead atoms. The number of benzene rings is 1. The predicted molar refractivity (Wildman–Crippen MR) is 152 cm³/mol. The quantitative estimate of drug-likeness (QED) is 0.343. The summed E-state index contributed by atoms with van der Waals surface area (Å²) in [5.74, 6) is 1.58. The Hall–Kier alpha value is -3.60. The molecule has 1 saturated heterocycles. The lowest BCUT2D eigenvalue weighted by Crippen LogP contribution is -2.47. The van der Waals surface area contributed by atoms with Gasteiger partial charge in [0.1, 0.15) is 0 Å². The molecule has 1 aliphatic carbocycles. The van der Waals surface area contributed by atoms with Crippen LogP contribution in [-0.4, -0.2) is 90.3 Å². The molecule has 1 fully saturated rings. The number of piperazine rings is 1. The van der Waals surface area contributed by atoms with Gasteiger partial charge in [-0.1, -0.05) is 37.3 Å². The Balaban J connectivity index is 1.15. The molecule has 0 saturated carbocycles. The van der Waals surface area contributed by atoms with Gasteiger partial charge in [-0.15, -0.1) is 0 Å². The lowest BCUT2D eigenvalue weighted by atomic mass is 9.85. The van der Waals surface area contributed by atoms with E-state index in [1.165, 1.54) is 0 Å². The molecule has 0 radical (unpaired) electrons. The third-order valence-electron chi connectivity index (χ3n) is 7.87. The van der Waals surface area contributed by atoms with E-state index in [0.29, 0.717) is 11.9 Å². The van der Waals surface area contributed by atoms with E-state index in [1.807, 2.05) is 40.9 Å². The highest BCUT2D eigenvalue weighted by atomic mass is 16.3. The first-order valence-electron chi connectivity index (χ1n) is 13.9. The van der Waals surface area contributed by atoms with Gasteiger partial charge < -0.3 is 15.3 Å². The third-order valence-corrected chi connectivity index (χ3v) is 7.87. The molecular weight excluding hydrogens is 490 g/mol. The fourth-order valence-electron chi connectivity index (χ4n) is 5.75. The van der Waals surface area contributed by atoms with Crippen LogP contribution in [0.1, 0.15) is 30.5 Å². The fraction of sp³-hybridized carbons (Fsp3) is 0.448. The van der Waals surface area contributed by atoms with Crippen molar-refractivity contribution in [3.05, 3.63) is 60.0 Å². The van der Waals surface area contributed by atoms with Crippen LogP contribution in [0.3, 0.4) is 0 Å². The molecule has 1 atom stereocenters. The van der Waals surface area contributed by atoms with E-state index in [4.69, 9.17) is 20.3 Å². The summed E-state index contributed by atoms with van der Waals surface area (Å²) >= 11 is 0. The zero-order chi connectivity index (χ0) is 26.8. The molecule has 39 heavy (non-hydrogen) atoms. The summed E-state index contributed by atoms with van der Waals surface area (Å²) in [6.45, 7) is 9.50. The summed E-state index contributed by atoms with van der Waals surface area (Å²) in [6.07, 6.45) is 5.69. The van der Waals surface area contributed by atoms with Crippen LogP contribution in [0.2, 0.25) is 0 Å². The van der Waals surface area contributed by atoms with E-state index in [9.17, 15) is 0 Å². The number of aryl methyl sites for hydroxylation is 1. The van der Waals surface area contributed by atoms with Gasteiger partial charge in [-0.3, -0.25) is 14.3 Å². The summed E-state index contributed by atoms with van der Waals surface area (Å²) < 4.78 is 3.96. The van der Waals surface area contributed by atoms with Gasteiger partial charge in [0.25, 0.3) is 0 Å². The van der Waals surface area contributed by atoms with E-state index < -0.39 is 0 Å². The number of nitrogens with zero attached hydrogens (tertiary/aromatic N) is 8. The highest BCUT2D eigenvalue weighted by molar-refractivity contribution is 5.84. The molecule has 204 valence electrons. The van der Waals surface area contributed by atoms with E-state index in [0.717, 1.165) is 98.2 Å². The van der Waals surface area contributed by atoms with Crippen LogP contribution in [0.15, 0.2) is 48.8 Å². The standard InChI is InChI=1S/C29H37N9O/c1-21-19-24-26(28(35(2)33-24)22-7-4-3-5-8-22)27-23(21)20-30-29(32-27)31-25-9-11-38(34-25)17-16-37-14-12-36(13-15-37)10-6-18-39/h3-5,7-9,11,20-21,39H,6,10,12-19H2,1-2H3,(H,30,31,32,34)/t21-/m1/s1. The first-order chi connectivity index (χ1) is 19.1. The molecule has 0 unspecified atom stereocenters. The first-order valence-corrected chi connectivity index (χ1v) is 13.9. The number of rotatable bonds is 9. The predicted octanol–water partition coefficient (Wildman–Crippen LogP) is 3.14. The van der Waals surface area contributed by atoms with E-state index in [2.05, 4.69) is 51.3 Å². The monoisotopic (exact) mass is 527 g/mol. The number of aliphatic hydroxyl groups excluding tert-OH is 1. The maximum atomic E-state index is 9.05. The average Bonchev–Trinajstić information content (AvgIpc) is 3.54. The molecule has 1 aromatic carbocycles. The zero-order valence-electron chi connectivity index (χ0n) is 22.8. The maximum Gasteiger partial charge on any atom is 0.228 e. The van der Waals surface area contributed by atoms with Crippen molar-refractivity contribution >= 4 is 11.8 Å². The Morgan fingerprint density at radius 3 is 2.51 bits per heavy atom. The van der Waals surface area contributed by atoms with Crippen LogP contribution in [0.5, 0.6) is 0 Å². The van der Waals surface area contributed by atoms with Gasteiger partial charge in [-0.25, -0.2) is 9.97 Å². The van der Waals surface area contributed by atoms with Crippen molar-refractivity contribution in [2.24, 2.45) is 7.05 Å². The lowest BCUT2D eigenvalue weighted by Gasteiger charge is -2.34. The fourth-order valence-corrected chi connectivity index (χ4v) is 5.75. The van der Waals surface area contributed by atoms with Gasteiger partial charge in [-0.05, 0) is 18.8 Å². The Kier molecular flexibility index (Phi) is 7.40. The third kappa shape index (κ3) is 5.45. The topological polar surface area (TPSA) is 100 Å². The van der Waals surface area contributed by atoms with Crippen molar-refractivity contribution in [1.82, 2.24) is 39.3 Å². The molecule has 10 heteroatoms. The molecule has 2 aliphatic rings. The molecule has 1 aliphatic heterocycles. The van der Waals surface area contributed by atoms with Crippen molar-refractivity contribution in [2.75, 3.05) is 51.2 Å². The smallest absolute Gasteiger partial charge is 0.228 e. The Bertz CT molecular complexity index is 1410. The molecule has 6 rings (SSSR count). The van der Waals surface area contributed by atoms with Crippen molar-refractivity contribution in [1.29, 1.82) is 0 Å². The highest BCUT2D eigenvalue weighted by Gasteiger charge is 2.30. The number of hydrogen-bond donors (Lipinski definition) is 2. The summed E-state index contributed by atoms with van der Waals surface area (Å²) in [5, 5.41) is 22.0. The number of fused-ring (bicyclic) bond motifs is 3. The van der Waals surface area contributed by atoms with Crippen molar-refractivity contribution in [3.8, 4) is 22.5 Å². The molecule has 2 N–H and O–H groups in total. The molecule has 0 spiro atoms. The van der Waals surface area contributed by atoms with Gasteiger partial charge in [0.05, 0.1) is 23.6 Å². The highest BCUT2D eigenvalue weighted by Crippen LogP contribution is 2.43. The van der Waals surface area contributed by atoms with Crippen LogP contribution in [-0.2, 0) is 20.0 Å². The Labute approximate surface area is 229 Å². The molecule has 0 amide bonds. The zero-order valence-corrected chi connectivity index (χ0v) is 22.8. The maximum absolute atomic E-state index is 9.05. The largest absolute Gasteiger partial charge is 0.396 e. The molecule has 10 nitrogen and oxygen atoms in total. The van der Waals surface area contributed by atoms with Crippen LogP contribution in [0.25, 0.3) is 22.5 Å². The minimum Gasteiger partial charge on any atom is -0.396 e. The van der Waals surface area contributed by atoms with Gasteiger partial charge in [0.2, 0.25) is 5.95 Å². The average molecular weight is 528 g/mol. The number of aliphatic hydroxyl groups is 1. The van der Waals surface area contributed by atoms with E-state index in [1.54, 1.807) is 0 Å². The second kappa shape index (κ2) is 11.3. The molecule has 3 aromatic heterocycles. The normalized spacial score (nSPS) is 17.7. The van der Waals surface area contributed by atoms with Gasteiger partial charge in [0.15, 0.2) is 5.82 Å². The summed E-state index contributed by atoms with van der Waals surface area (Å²) in [6, 6.07) is 12.4. The van der Waals surface area contributed by atoms with Gasteiger partial charge >= 0.3 is 0 Å². The SMILES string of the molecule is C[C@@H]1Cc2nn(C)c(-c3ccccc3)c2-c2nc(Nc3ccn(CCN4CCN(CCCO)CC4)n3)ncc21. The van der Waals surface area contributed by atoms with Crippen molar-refractivity contribution in [3.63, 3.8) is 0 Å².